The lowest BCUT2D eigenvalue weighted by Crippen LogP contribution is -2.22. The first-order chi connectivity index (χ1) is 19.6. The first kappa shape index (κ1) is 28.2. The van der Waals surface area contributed by atoms with Crippen LogP contribution in [-0.4, -0.2) is 50.2 Å². The Bertz CT molecular complexity index is 1860. The number of halogens is 1. The molecule has 0 saturated heterocycles. The number of hydrogen-bond acceptors (Lipinski definition) is 10. The maximum atomic E-state index is 13.5. The third-order valence-electron chi connectivity index (χ3n) is 6.33. The Kier molecular flexibility index (Phi) is 7.78. The second-order valence-corrected chi connectivity index (χ2v) is 11.7. The number of hydrogen-bond donors (Lipinski definition) is 2. The Balaban J connectivity index is 1.56. The molecule has 0 fully saturated rings. The van der Waals surface area contributed by atoms with Crippen molar-refractivity contribution < 1.29 is 17.9 Å². The van der Waals surface area contributed by atoms with Crippen LogP contribution in [0.5, 0.6) is 0 Å². The number of imidazole rings is 1. The van der Waals surface area contributed by atoms with Gasteiger partial charge in [-0.05, 0) is 49.7 Å². The van der Waals surface area contributed by atoms with Gasteiger partial charge in [-0.1, -0.05) is 18.3 Å². The molecule has 11 nitrogen and oxygen atoms in total. The van der Waals surface area contributed by atoms with Gasteiger partial charge in [-0.25, -0.2) is 37.9 Å². The largest absolute Gasteiger partial charge is 0.384 e. The summed E-state index contributed by atoms with van der Waals surface area (Å²) in [5, 5.41) is 25.5. The molecule has 210 valence electrons. The number of primary sulfonamides is 1. The first-order valence-corrected chi connectivity index (χ1v) is 15.1. The Morgan fingerprint density at radius 3 is 2.39 bits per heavy atom. The van der Waals surface area contributed by atoms with E-state index in [2.05, 4.69) is 16.0 Å². The average molecular weight is 593 g/mol. The van der Waals surface area contributed by atoms with Crippen molar-refractivity contribution in [2.45, 2.75) is 26.4 Å². The molecule has 14 heteroatoms. The van der Waals surface area contributed by atoms with Crippen molar-refractivity contribution in [1.29, 1.82) is 5.26 Å². The molecule has 0 aliphatic rings. The van der Waals surface area contributed by atoms with Crippen LogP contribution in [0.15, 0.2) is 55.0 Å². The number of aliphatic hydroxyl groups excluding tert-OH is 1. The van der Waals surface area contributed by atoms with Crippen LogP contribution in [0, 0.1) is 17.1 Å². The fourth-order valence-corrected chi connectivity index (χ4v) is 5.95. The molecule has 5 rings (SSSR count). The van der Waals surface area contributed by atoms with Gasteiger partial charge in [-0.2, -0.15) is 5.26 Å². The highest BCUT2D eigenvalue weighted by Crippen LogP contribution is 2.38. The van der Waals surface area contributed by atoms with Crippen LogP contribution < -0.4 is 10.0 Å². The second-order valence-electron chi connectivity index (χ2n) is 9.09. The zero-order chi connectivity index (χ0) is 29.3. The molecule has 0 amide bonds. The minimum Gasteiger partial charge on any atom is -0.384 e. The van der Waals surface area contributed by atoms with Gasteiger partial charge < -0.3 is 10.0 Å². The fraction of sp³-hybridized carbons (Fsp3) is 0.222. The number of pyridine rings is 1. The van der Waals surface area contributed by atoms with Crippen molar-refractivity contribution in [3.8, 4) is 28.5 Å². The number of thiazole rings is 1. The van der Waals surface area contributed by atoms with Crippen LogP contribution in [0.25, 0.3) is 28.0 Å². The molecule has 0 radical (unpaired) electrons. The number of nitriles is 1. The lowest BCUT2D eigenvalue weighted by Gasteiger charge is -2.21. The van der Waals surface area contributed by atoms with Gasteiger partial charge in [-0.15, -0.1) is 0 Å². The van der Waals surface area contributed by atoms with Crippen LogP contribution in [0.3, 0.4) is 0 Å². The second kappa shape index (κ2) is 11.3. The molecule has 1 unspecified atom stereocenters. The van der Waals surface area contributed by atoms with E-state index >= 15 is 0 Å². The van der Waals surface area contributed by atoms with E-state index < -0.39 is 21.9 Å². The number of rotatable bonds is 9. The van der Waals surface area contributed by atoms with E-state index in [0.29, 0.717) is 45.4 Å². The van der Waals surface area contributed by atoms with Crippen LogP contribution in [0.2, 0.25) is 0 Å². The highest BCUT2D eigenvalue weighted by Gasteiger charge is 2.24. The normalized spacial score (nSPS) is 12.4. The van der Waals surface area contributed by atoms with Gasteiger partial charge in [0, 0.05) is 41.8 Å². The number of nitrogens with zero attached hydrogens (tertiary/aromatic N) is 7. The van der Waals surface area contributed by atoms with Gasteiger partial charge in [0.05, 0.1) is 11.4 Å². The molecule has 0 bridgehead atoms. The number of benzene rings is 1. The first-order valence-electron chi connectivity index (χ1n) is 12.6. The smallest absolute Gasteiger partial charge is 0.212 e. The van der Waals surface area contributed by atoms with Gasteiger partial charge in [0.15, 0.2) is 11.0 Å². The van der Waals surface area contributed by atoms with Gasteiger partial charge in [-0.3, -0.25) is 4.40 Å². The van der Waals surface area contributed by atoms with Gasteiger partial charge in [0.2, 0.25) is 10.0 Å². The van der Waals surface area contributed by atoms with Crippen molar-refractivity contribution >= 4 is 38.0 Å². The number of nitrogens with two attached hydrogens (primary N) is 1. The Morgan fingerprint density at radius 1 is 1.10 bits per heavy atom. The summed E-state index contributed by atoms with van der Waals surface area (Å²) < 4.78 is 38.1. The number of aliphatic hydroxyl groups is 1. The summed E-state index contributed by atoms with van der Waals surface area (Å²) in [5.74, 6) is -0.313. The molecular weight excluding hydrogens is 567 g/mol. The SMILES string of the molecule is CCc1nc2ccc(-c3cnc(C(O)CS(N)(=O)=O)nc3)cn2c1N(CC)c1nc(-c2ccc(F)cc2)c(C#N)s1. The summed E-state index contributed by atoms with van der Waals surface area (Å²) in [7, 11) is -3.90. The quantitative estimate of drug-likeness (QED) is 0.258. The third kappa shape index (κ3) is 5.79. The van der Waals surface area contributed by atoms with Crippen LogP contribution in [-0.2, 0) is 16.4 Å². The van der Waals surface area contributed by atoms with E-state index in [-0.39, 0.29) is 11.6 Å². The highest BCUT2D eigenvalue weighted by atomic mass is 32.2. The van der Waals surface area contributed by atoms with Gasteiger partial charge >= 0.3 is 0 Å². The van der Waals surface area contributed by atoms with Crippen LogP contribution >= 0.6 is 11.3 Å². The Labute approximate surface area is 239 Å². The number of sulfonamides is 1. The number of aryl methyl sites for hydroxylation is 1. The summed E-state index contributed by atoms with van der Waals surface area (Å²) in [5.41, 5.74) is 4.07. The van der Waals surface area contributed by atoms with E-state index in [1.165, 1.54) is 35.9 Å². The standard InChI is InChI=1S/C27H25FN8O3S2/c1-3-20-26(35(4-2)27-34-24(22(11-29)40-27)16-5-8-19(28)9-6-16)36-14-17(7-10-23(36)33-20)18-12-31-25(32-13-18)21(37)15-41(30,38)39/h5-10,12-14,21,37H,3-4,15H2,1-2H3,(H2,30,38,39). The van der Waals surface area contributed by atoms with E-state index in [0.717, 1.165) is 17.1 Å². The zero-order valence-electron chi connectivity index (χ0n) is 22.1. The molecule has 4 heterocycles. The maximum absolute atomic E-state index is 13.5. The highest BCUT2D eigenvalue weighted by molar-refractivity contribution is 7.89. The summed E-state index contributed by atoms with van der Waals surface area (Å²) in [6.45, 7) is 4.52. The van der Waals surface area contributed by atoms with Crippen molar-refractivity contribution in [2.75, 3.05) is 17.2 Å². The van der Waals surface area contributed by atoms with E-state index in [1.807, 2.05) is 41.5 Å². The number of fused-ring (bicyclic) bond motifs is 1. The third-order valence-corrected chi connectivity index (χ3v) is 8.09. The molecule has 0 spiro atoms. The summed E-state index contributed by atoms with van der Waals surface area (Å²) in [6.07, 6.45) is 4.09. The molecule has 1 aromatic carbocycles. The Hall–Kier alpha value is -4.29. The van der Waals surface area contributed by atoms with Gasteiger partial charge in [0.25, 0.3) is 0 Å². The van der Waals surface area contributed by atoms with Crippen LogP contribution in [0.1, 0.15) is 36.3 Å². The van der Waals surface area contributed by atoms with Crippen molar-refractivity contribution in [3.05, 3.63) is 77.2 Å². The molecule has 41 heavy (non-hydrogen) atoms. The summed E-state index contributed by atoms with van der Waals surface area (Å²) >= 11 is 1.25. The maximum Gasteiger partial charge on any atom is 0.212 e. The van der Waals surface area contributed by atoms with Crippen molar-refractivity contribution in [2.24, 2.45) is 5.14 Å². The monoisotopic (exact) mass is 592 g/mol. The molecule has 0 saturated carbocycles. The minimum atomic E-state index is -3.90. The predicted octanol–water partition coefficient (Wildman–Crippen LogP) is 3.97. The van der Waals surface area contributed by atoms with Crippen molar-refractivity contribution in [3.63, 3.8) is 0 Å². The van der Waals surface area contributed by atoms with E-state index in [4.69, 9.17) is 15.1 Å². The predicted molar refractivity (Wildman–Crippen MR) is 153 cm³/mol. The fourth-order valence-electron chi connectivity index (χ4n) is 4.41. The van der Waals surface area contributed by atoms with E-state index in [1.54, 1.807) is 12.1 Å². The average Bonchev–Trinajstić information content (AvgIpc) is 3.55. The number of aromatic nitrogens is 5. The van der Waals surface area contributed by atoms with Gasteiger partial charge in [0.1, 0.15) is 40.0 Å². The number of anilines is 2. The van der Waals surface area contributed by atoms with Crippen LogP contribution in [0.4, 0.5) is 15.3 Å². The molecule has 0 aliphatic carbocycles. The lowest BCUT2D eigenvalue weighted by atomic mass is 10.1. The molecule has 3 N–H and O–H groups in total. The molecule has 0 aliphatic heterocycles. The molecule has 1 atom stereocenters. The summed E-state index contributed by atoms with van der Waals surface area (Å²) in [4.78, 5) is 20.3. The molecule has 5 aromatic rings. The zero-order valence-corrected chi connectivity index (χ0v) is 23.7. The topological polar surface area (TPSA) is 163 Å². The minimum absolute atomic E-state index is 0.0494. The molecule has 4 aromatic heterocycles. The van der Waals surface area contributed by atoms with Crippen molar-refractivity contribution in [1.82, 2.24) is 24.3 Å². The van der Waals surface area contributed by atoms with E-state index in [9.17, 15) is 23.2 Å². The summed E-state index contributed by atoms with van der Waals surface area (Å²) in [6, 6.07) is 11.8. The Morgan fingerprint density at radius 2 is 1.78 bits per heavy atom. The molecular formula is C27H25FN8O3S2. The lowest BCUT2D eigenvalue weighted by molar-refractivity contribution is 0.191.